The molecule has 1 N–H and O–H groups in total. The number of hydrogen-bond acceptors (Lipinski definition) is 3. The Kier molecular flexibility index (Phi) is 3.48. The fraction of sp³-hybridized carbons (Fsp3) is 0.429. The van der Waals surface area contributed by atoms with E-state index in [9.17, 15) is 0 Å². The second-order valence-electron chi connectivity index (χ2n) is 5.52. The highest BCUT2D eigenvalue weighted by Crippen LogP contribution is 2.11. The van der Waals surface area contributed by atoms with Crippen molar-refractivity contribution in [3.8, 4) is 5.82 Å². The van der Waals surface area contributed by atoms with Crippen LogP contribution in [0.3, 0.4) is 0 Å². The smallest absolute Gasteiger partial charge is 0.140 e. The van der Waals surface area contributed by atoms with Gasteiger partial charge in [0.25, 0.3) is 0 Å². The summed E-state index contributed by atoms with van der Waals surface area (Å²) in [5.74, 6) is 0.937. The van der Waals surface area contributed by atoms with E-state index in [4.69, 9.17) is 0 Å². The van der Waals surface area contributed by atoms with Crippen LogP contribution in [-0.2, 0) is 6.54 Å². The van der Waals surface area contributed by atoms with Crippen molar-refractivity contribution >= 4 is 0 Å². The number of imidazole rings is 1. The predicted molar refractivity (Wildman–Crippen MR) is 72.7 cm³/mol. The van der Waals surface area contributed by atoms with E-state index in [1.54, 1.807) is 6.20 Å². The van der Waals surface area contributed by atoms with Crippen molar-refractivity contribution in [2.45, 2.75) is 39.8 Å². The van der Waals surface area contributed by atoms with Crippen LogP contribution in [-0.4, -0.2) is 20.1 Å². The highest BCUT2D eigenvalue weighted by atomic mass is 15.1. The monoisotopic (exact) mass is 244 g/mol. The van der Waals surface area contributed by atoms with Crippen LogP contribution < -0.4 is 5.32 Å². The average molecular weight is 244 g/mol. The van der Waals surface area contributed by atoms with Crippen LogP contribution in [0.1, 0.15) is 32.0 Å². The topological polar surface area (TPSA) is 42.7 Å². The largest absolute Gasteiger partial charge is 0.306 e. The molecule has 0 spiro atoms. The summed E-state index contributed by atoms with van der Waals surface area (Å²) in [7, 11) is 0. The number of aromatic nitrogens is 3. The zero-order valence-corrected chi connectivity index (χ0v) is 11.4. The SMILES string of the molecule is Cc1cccnc1-n1cnc(CNC(C)(C)C)c1. The minimum atomic E-state index is 0.102. The maximum absolute atomic E-state index is 4.40. The first-order valence-corrected chi connectivity index (χ1v) is 6.15. The third kappa shape index (κ3) is 3.17. The number of nitrogens with zero attached hydrogens (tertiary/aromatic N) is 3. The van der Waals surface area contributed by atoms with Gasteiger partial charge in [0.05, 0.1) is 5.69 Å². The molecule has 4 heteroatoms. The van der Waals surface area contributed by atoms with Crippen LogP contribution in [0.5, 0.6) is 0 Å². The molecule has 2 rings (SSSR count). The zero-order valence-electron chi connectivity index (χ0n) is 11.4. The van der Waals surface area contributed by atoms with Crippen LogP contribution in [0.15, 0.2) is 30.9 Å². The minimum Gasteiger partial charge on any atom is -0.306 e. The highest BCUT2D eigenvalue weighted by Gasteiger charge is 2.10. The van der Waals surface area contributed by atoms with Gasteiger partial charge in [-0.2, -0.15) is 0 Å². The lowest BCUT2D eigenvalue weighted by atomic mass is 10.1. The van der Waals surface area contributed by atoms with Gasteiger partial charge >= 0.3 is 0 Å². The minimum absolute atomic E-state index is 0.102. The Balaban J connectivity index is 2.14. The molecule has 0 atom stereocenters. The second-order valence-corrected chi connectivity index (χ2v) is 5.52. The van der Waals surface area contributed by atoms with Crippen molar-refractivity contribution in [1.29, 1.82) is 0 Å². The normalized spacial score (nSPS) is 11.8. The number of aryl methyl sites for hydroxylation is 1. The molecule has 18 heavy (non-hydrogen) atoms. The first-order valence-electron chi connectivity index (χ1n) is 6.15. The molecule has 4 nitrogen and oxygen atoms in total. The van der Waals surface area contributed by atoms with E-state index < -0.39 is 0 Å². The van der Waals surface area contributed by atoms with Crippen molar-refractivity contribution in [3.05, 3.63) is 42.1 Å². The summed E-state index contributed by atoms with van der Waals surface area (Å²) < 4.78 is 1.97. The second kappa shape index (κ2) is 4.90. The standard InChI is InChI=1S/C14H20N4/c1-11-6-5-7-15-13(11)18-9-12(16-10-18)8-17-14(2,3)4/h5-7,9-10,17H,8H2,1-4H3. The maximum Gasteiger partial charge on any atom is 0.140 e. The molecule has 0 aliphatic carbocycles. The van der Waals surface area contributed by atoms with Gasteiger partial charge in [-0.3, -0.25) is 4.57 Å². The molecular weight excluding hydrogens is 224 g/mol. The van der Waals surface area contributed by atoms with E-state index in [0.717, 1.165) is 23.6 Å². The van der Waals surface area contributed by atoms with Crippen molar-refractivity contribution in [3.63, 3.8) is 0 Å². The lowest BCUT2D eigenvalue weighted by Gasteiger charge is -2.19. The zero-order chi connectivity index (χ0) is 13.2. The molecular formula is C14H20N4. The Labute approximate surface area is 108 Å². The number of hydrogen-bond donors (Lipinski definition) is 1. The van der Waals surface area contributed by atoms with Crippen molar-refractivity contribution in [2.24, 2.45) is 0 Å². The molecule has 0 saturated carbocycles. The molecule has 2 aromatic heterocycles. The van der Waals surface area contributed by atoms with Gasteiger partial charge in [0.15, 0.2) is 0 Å². The lowest BCUT2D eigenvalue weighted by Crippen LogP contribution is -2.35. The van der Waals surface area contributed by atoms with Gasteiger partial charge in [0, 0.05) is 24.5 Å². The summed E-state index contributed by atoms with van der Waals surface area (Å²) in [4.78, 5) is 8.77. The van der Waals surface area contributed by atoms with Gasteiger partial charge in [-0.25, -0.2) is 9.97 Å². The van der Waals surface area contributed by atoms with Crippen LogP contribution in [0, 0.1) is 6.92 Å². The summed E-state index contributed by atoms with van der Waals surface area (Å²) >= 11 is 0. The molecule has 0 fully saturated rings. The van der Waals surface area contributed by atoms with Gasteiger partial charge in [-0.05, 0) is 39.3 Å². The van der Waals surface area contributed by atoms with Crippen molar-refractivity contribution in [2.75, 3.05) is 0 Å². The van der Waals surface area contributed by atoms with Gasteiger partial charge in [0.1, 0.15) is 12.1 Å². The van der Waals surface area contributed by atoms with E-state index >= 15 is 0 Å². The summed E-state index contributed by atoms with van der Waals surface area (Å²) in [6.07, 6.45) is 5.64. The summed E-state index contributed by atoms with van der Waals surface area (Å²) in [5.41, 5.74) is 2.27. The Morgan fingerprint density at radius 1 is 1.28 bits per heavy atom. The Morgan fingerprint density at radius 3 is 2.72 bits per heavy atom. The molecule has 96 valence electrons. The molecule has 0 aliphatic heterocycles. The van der Waals surface area contributed by atoms with E-state index in [2.05, 4.69) is 49.0 Å². The molecule has 0 amide bonds. The summed E-state index contributed by atoms with van der Waals surface area (Å²) in [6, 6.07) is 3.99. The molecule has 0 aliphatic rings. The van der Waals surface area contributed by atoms with Crippen LogP contribution >= 0.6 is 0 Å². The van der Waals surface area contributed by atoms with Crippen LogP contribution in [0.2, 0.25) is 0 Å². The van der Waals surface area contributed by atoms with E-state index in [0.29, 0.717) is 0 Å². The van der Waals surface area contributed by atoms with E-state index in [-0.39, 0.29) is 5.54 Å². The summed E-state index contributed by atoms with van der Waals surface area (Å²) in [5, 5.41) is 3.42. The third-order valence-electron chi connectivity index (χ3n) is 2.66. The van der Waals surface area contributed by atoms with Gasteiger partial charge < -0.3 is 5.32 Å². The fourth-order valence-corrected chi connectivity index (χ4v) is 1.67. The Hall–Kier alpha value is -1.68. The van der Waals surface area contributed by atoms with Gasteiger partial charge in [-0.1, -0.05) is 6.07 Å². The molecule has 0 bridgehead atoms. The summed E-state index contributed by atoms with van der Waals surface area (Å²) in [6.45, 7) is 9.25. The van der Waals surface area contributed by atoms with Crippen LogP contribution in [0.4, 0.5) is 0 Å². The molecule has 0 aromatic carbocycles. The first kappa shape index (κ1) is 12.8. The van der Waals surface area contributed by atoms with Crippen molar-refractivity contribution in [1.82, 2.24) is 19.9 Å². The van der Waals surface area contributed by atoms with E-state index in [1.165, 1.54) is 0 Å². The molecule has 0 saturated heterocycles. The van der Waals surface area contributed by atoms with E-state index in [1.807, 2.05) is 23.2 Å². The number of nitrogens with one attached hydrogen (secondary N) is 1. The maximum atomic E-state index is 4.40. The molecule has 2 heterocycles. The average Bonchev–Trinajstić information content (AvgIpc) is 2.75. The molecule has 2 aromatic rings. The lowest BCUT2D eigenvalue weighted by molar-refractivity contribution is 0.421. The molecule has 0 radical (unpaired) electrons. The van der Waals surface area contributed by atoms with Crippen molar-refractivity contribution < 1.29 is 0 Å². The number of rotatable bonds is 3. The van der Waals surface area contributed by atoms with Gasteiger partial charge in [-0.15, -0.1) is 0 Å². The van der Waals surface area contributed by atoms with Gasteiger partial charge in [0.2, 0.25) is 0 Å². The predicted octanol–water partition coefficient (Wildman–Crippen LogP) is 2.46. The quantitative estimate of drug-likeness (QED) is 0.902. The first-order chi connectivity index (χ1) is 8.46. The Bertz CT molecular complexity index is 523. The highest BCUT2D eigenvalue weighted by molar-refractivity contribution is 5.32. The molecule has 0 unspecified atom stereocenters. The van der Waals surface area contributed by atoms with Crippen LogP contribution in [0.25, 0.3) is 5.82 Å². The number of pyridine rings is 1. The Morgan fingerprint density at radius 2 is 2.06 bits per heavy atom. The third-order valence-corrected chi connectivity index (χ3v) is 2.66. The fourth-order valence-electron chi connectivity index (χ4n) is 1.67.